The fraction of sp³-hybridized carbons (Fsp3) is 0.318. The van der Waals surface area contributed by atoms with E-state index in [1.165, 1.54) is 0 Å². The molecule has 0 N–H and O–H groups in total. The van der Waals surface area contributed by atoms with Crippen LogP contribution in [0.5, 0.6) is 5.75 Å². The number of hydrogen-bond donors (Lipinski definition) is 0. The molecule has 0 saturated heterocycles. The van der Waals surface area contributed by atoms with Crippen LogP contribution in [0.2, 0.25) is 0 Å². The standard InChI is InChI=1S/C22H24N2O4S/c1-4-18(28-16-10-6-5-7-11-16)22(26)27-14-20(25)24(3)15(2)21-23-17-12-8-9-13-19(17)29-21/h5-13,15,18H,4,14H2,1-3H3/t15-,18-/m0/s1. The summed E-state index contributed by atoms with van der Waals surface area (Å²) in [6.45, 7) is 3.40. The zero-order valence-electron chi connectivity index (χ0n) is 16.7. The largest absolute Gasteiger partial charge is 0.479 e. The van der Waals surface area contributed by atoms with Crippen molar-refractivity contribution in [3.05, 3.63) is 59.6 Å². The van der Waals surface area contributed by atoms with E-state index in [4.69, 9.17) is 9.47 Å². The van der Waals surface area contributed by atoms with Gasteiger partial charge in [0.15, 0.2) is 12.7 Å². The van der Waals surface area contributed by atoms with E-state index in [9.17, 15) is 9.59 Å². The average Bonchev–Trinajstić information content (AvgIpc) is 3.19. The number of likely N-dealkylation sites (N-methyl/N-ethyl adjacent to an activating group) is 1. The molecule has 7 heteroatoms. The van der Waals surface area contributed by atoms with Gasteiger partial charge in [0.2, 0.25) is 0 Å². The monoisotopic (exact) mass is 412 g/mol. The van der Waals surface area contributed by atoms with Crippen LogP contribution in [-0.4, -0.2) is 41.5 Å². The van der Waals surface area contributed by atoms with Crippen molar-refractivity contribution in [1.29, 1.82) is 0 Å². The van der Waals surface area contributed by atoms with E-state index in [0.717, 1.165) is 15.2 Å². The Morgan fingerprint density at radius 2 is 1.79 bits per heavy atom. The van der Waals surface area contributed by atoms with Gasteiger partial charge >= 0.3 is 5.97 Å². The molecular formula is C22H24N2O4S. The van der Waals surface area contributed by atoms with Crippen molar-refractivity contribution in [2.45, 2.75) is 32.4 Å². The normalized spacial score (nSPS) is 12.9. The molecule has 0 spiro atoms. The lowest BCUT2D eigenvalue weighted by Crippen LogP contribution is -2.36. The molecule has 0 fully saturated rings. The lowest BCUT2D eigenvalue weighted by atomic mass is 10.2. The fourth-order valence-corrected chi connectivity index (χ4v) is 3.80. The second-order valence-corrected chi connectivity index (χ2v) is 7.70. The smallest absolute Gasteiger partial charge is 0.347 e. The highest BCUT2D eigenvalue weighted by Gasteiger charge is 2.25. The van der Waals surface area contributed by atoms with Crippen molar-refractivity contribution in [3.63, 3.8) is 0 Å². The van der Waals surface area contributed by atoms with Crippen LogP contribution in [-0.2, 0) is 14.3 Å². The van der Waals surface area contributed by atoms with Gasteiger partial charge in [-0.1, -0.05) is 37.3 Å². The van der Waals surface area contributed by atoms with Crippen molar-refractivity contribution in [1.82, 2.24) is 9.88 Å². The second-order valence-electron chi connectivity index (χ2n) is 6.64. The van der Waals surface area contributed by atoms with Gasteiger partial charge in [0.1, 0.15) is 10.8 Å². The van der Waals surface area contributed by atoms with Crippen LogP contribution in [0.3, 0.4) is 0 Å². The maximum Gasteiger partial charge on any atom is 0.347 e. The number of esters is 1. The molecular weight excluding hydrogens is 388 g/mol. The van der Waals surface area contributed by atoms with E-state index < -0.39 is 12.1 Å². The number of fused-ring (bicyclic) bond motifs is 1. The van der Waals surface area contributed by atoms with Crippen LogP contribution >= 0.6 is 11.3 Å². The minimum Gasteiger partial charge on any atom is -0.479 e. The molecule has 1 amide bonds. The van der Waals surface area contributed by atoms with Crippen molar-refractivity contribution in [3.8, 4) is 5.75 Å². The number of amides is 1. The van der Waals surface area contributed by atoms with Gasteiger partial charge in [0, 0.05) is 7.05 Å². The zero-order valence-corrected chi connectivity index (χ0v) is 17.5. The van der Waals surface area contributed by atoms with Crippen LogP contribution in [0.25, 0.3) is 10.2 Å². The first-order valence-corrected chi connectivity index (χ1v) is 10.3. The van der Waals surface area contributed by atoms with Crippen LogP contribution in [0.15, 0.2) is 54.6 Å². The van der Waals surface area contributed by atoms with Crippen LogP contribution in [0, 0.1) is 0 Å². The Labute approximate surface area is 174 Å². The Morgan fingerprint density at radius 3 is 2.48 bits per heavy atom. The van der Waals surface area contributed by atoms with Gasteiger partial charge in [-0.2, -0.15) is 0 Å². The molecule has 152 valence electrons. The van der Waals surface area contributed by atoms with Gasteiger partial charge in [-0.05, 0) is 37.6 Å². The summed E-state index contributed by atoms with van der Waals surface area (Å²) in [5, 5.41) is 0.840. The molecule has 0 radical (unpaired) electrons. The molecule has 0 aliphatic carbocycles. The number of aromatic nitrogens is 1. The predicted octanol–water partition coefficient (Wildman–Crippen LogP) is 4.22. The number of thiazole rings is 1. The SMILES string of the molecule is CC[C@H](Oc1ccccc1)C(=O)OCC(=O)N(C)[C@@H](C)c1nc2ccccc2s1. The molecule has 3 aromatic rings. The molecule has 0 aliphatic heterocycles. The third-order valence-corrected chi connectivity index (χ3v) is 5.84. The van der Waals surface area contributed by atoms with Crippen LogP contribution in [0.1, 0.15) is 31.3 Å². The molecule has 0 aliphatic rings. The Hall–Kier alpha value is -2.93. The predicted molar refractivity (Wildman–Crippen MR) is 113 cm³/mol. The van der Waals surface area contributed by atoms with Crippen LogP contribution < -0.4 is 4.74 Å². The topological polar surface area (TPSA) is 68.7 Å². The van der Waals surface area contributed by atoms with Crippen molar-refractivity contribution in [2.24, 2.45) is 0 Å². The van der Waals surface area contributed by atoms with E-state index in [0.29, 0.717) is 12.2 Å². The molecule has 6 nitrogen and oxygen atoms in total. The van der Waals surface area contributed by atoms with E-state index in [1.807, 2.05) is 56.3 Å². The highest BCUT2D eigenvalue weighted by Crippen LogP contribution is 2.28. The first-order valence-electron chi connectivity index (χ1n) is 9.49. The van der Waals surface area contributed by atoms with Gasteiger partial charge in [-0.25, -0.2) is 9.78 Å². The van der Waals surface area contributed by atoms with Crippen LogP contribution in [0.4, 0.5) is 0 Å². The lowest BCUT2D eigenvalue weighted by Gasteiger charge is -2.23. The summed E-state index contributed by atoms with van der Waals surface area (Å²) in [6, 6.07) is 16.7. The summed E-state index contributed by atoms with van der Waals surface area (Å²) in [7, 11) is 1.69. The average molecular weight is 413 g/mol. The quantitative estimate of drug-likeness (QED) is 0.518. The summed E-state index contributed by atoms with van der Waals surface area (Å²) in [5.41, 5.74) is 0.912. The first kappa shape index (κ1) is 20.8. The maximum atomic E-state index is 12.5. The maximum absolute atomic E-state index is 12.5. The van der Waals surface area contributed by atoms with Gasteiger partial charge < -0.3 is 14.4 Å². The summed E-state index contributed by atoms with van der Waals surface area (Å²) in [4.78, 5) is 31.0. The number of rotatable bonds is 8. The lowest BCUT2D eigenvalue weighted by molar-refractivity contribution is -0.158. The van der Waals surface area contributed by atoms with Gasteiger partial charge in [0.25, 0.3) is 5.91 Å². The molecule has 2 atom stereocenters. The zero-order chi connectivity index (χ0) is 20.8. The number of para-hydroxylation sites is 2. The summed E-state index contributed by atoms with van der Waals surface area (Å²) in [6.07, 6.45) is -0.308. The number of nitrogens with zero attached hydrogens (tertiary/aromatic N) is 2. The minimum absolute atomic E-state index is 0.221. The molecule has 0 unspecified atom stereocenters. The van der Waals surface area contributed by atoms with E-state index >= 15 is 0 Å². The Bertz CT molecular complexity index is 940. The first-order chi connectivity index (χ1) is 14.0. The number of carbonyl (C=O) groups excluding carboxylic acids is 2. The second kappa shape index (κ2) is 9.52. The minimum atomic E-state index is -0.753. The van der Waals surface area contributed by atoms with E-state index in [-0.39, 0.29) is 18.6 Å². The van der Waals surface area contributed by atoms with Crippen molar-refractivity contribution < 1.29 is 19.1 Å². The third-order valence-electron chi connectivity index (χ3n) is 4.64. The summed E-state index contributed by atoms with van der Waals surface area (Å²) < 4.78 is 12.0. The highest BCUT2D eigenvalue weighted by molar-refractivity contribution is 7.18. The molecule has 1 aromatic heterocycles. The molecule has 0 saturated carbocycles. The highest BCUT2D eigenvalue weighted by atomic mass is 32.1. The number of ether oxygens (including phenoxy) is 2. The van der Waals surface area contributed by atoms with E-state index in [1.54, 1.807) is 35.4 Å². The van der Waals surface area contributed by atoms with Gasteiger partial charge in [-0.15, -0.1) is 11.3 Å². The van der Waals surface area contributed by atoms with Crippen molar-refractivity contribution in [2.75, 3.05) is 13.7 Å². The Balaban J connectivity index is 1.56. The molecule has 29 heavy (non-hydrogen) atoms. The van der Waals surface area contributed by atoms with E-state index in [2.05, 4.69) is 4.98 Å². The van der Waals surface area contributed by atoms with Gasteiger partial charge in [-0.3, -0.25) is 4.79 Å². The Morgan fingerprint density at radius 1 is 1.10 bits per heavy atom. The van der Waals surface area contributed by atoms with Crippen molar-refractivity contribution >= 4 is 33.4 Å². The molecule has 1 heterocycles. The molecule has 3 rings (SSSR count). The number of benzene rings is 2. The summed E-state index contributed by atoms with van der Waals surface area (Å²) in [5.74, 6) is -0.255. The number of hydrogen-bond acceptors (Lipinski definition) is 6. The fourth-order valence-electron chi connectivity index (χ4n) is 2.74. The summed E-state index contributed by atoms with van der Waals surface area (Å²) >= 11 is 1.55. The molecule has 0 bridgehead atoms. The Kier molecular flexibility index (Phi) is 6.82. The molecule has 2 aromatic carbocycles. The number of carbonyl (C=O) groups is 2. The third kappa shape index (κ3) is 5.12. The van der Waals surface area contributed by atoms with Gasteiger partial charge in [0.05, 0.1) is 16.3 Å².